The van der Waals surface area contributed by atoms with Gasteiger partial charge in [0.2, 0.25) is 15.2 Å². The molecule has 1 amide bonds. The van der Waals surface area contributed by atoms with E-state index in [1.807, 2.05) is 30.3 Å². The Morgan fingerprint density at radius 1 is 1.00 bits per heavy atom. The van der Waals surface area contributed by atoms with Gasteiger partial charge in [0.05, 0.1) is 11.5 Å². The van der Waals surface area contributed by atoms with Crippen LogP contribution in [-0.2, 0) is 10.0 Å². The molecule has 0 aliphatic carbocycles. The summed E-state index contributed by atoms with van der Waals surface area (Å²) in [5.41, 5.74) is 0.357. The fourth-order valence-electron chi connectivity index (χ4n) is 3.50. The molecular formula is C23H26N4O4S3. The number of aromatic nitrogens is 2. The van der Waals surface area contributed by atoms with Gasteiger partial charge < -0.3 is 4.74 Å². The van der Waals surface area contributed by atoms with Gasteiger partial charge in [-0.2, -0.15) is 4.31 Å². The molecule has 0 atom stereocenters. The van der Waals surface area contributed by atoms with Gasteiger partial charge in [0.15, 0.2) is 4.34 Å². The van der Waals surface area contributed by atoms with E-state index in [2.05, 4.69) is 15.5 Å². The Morgan fingerprint density at radius 3 is 2.41 bits per heavy atom. The Morgan fingerprint density at radius 2 is 1.71 bits per heavy atom. The Hall–Kier alpha value is -2.47. The minimum absolute atomic E-state index is 0.207. The molecule has 2 aromatic carbocycles. The molecule has 1 aliphatic rings. The zero-order valence-corrected chi connectivity index (χ0v) is 21.0. The lowest BCUT2D eigenvalue weighted by molar-refractivity contribution is 0.102. The third-order valence-corrected chi connectivity index (χ3v) is 9.12. The molecule has 1 aliphatic heterocycles. The normalized spacial score (nSPS) is 14.9. The maximum atomic E-state index is 12.9. The third-order valence-electron chi connectivity index (χ3n) is 5.27. The third kappa shape index (κ3) is 6.56. The molecule has 0 spiro atoms. The van der Waals surface area contributed by atoms with Crippen LogP contribution < -0.4 is 10.1 Å². The molecule has 0 radical (unpaired) electrons. The molecular weight excluding hydrogens is 492 g/mol. The molecule has 3 aromatic rings. The molecule has 0 unspecified atom stereocenters. The maximum absolute atomic E-state index is 12.9. The fourth-order valence-corrected chi connectivity index (χ4v) is 6.65. The zero-order chi connectivity index (χ0) is 23.8. The Balaban J connectivity index is 1.28. The predicted molar refractivity (Wildman–Crippen MR) is 134 cm³/mol. The molecule has 1 fully saturated rings. The first-order valence-corrected chi connectivity index (χ1v) is 14.3. The van der Waals surface area contributed by atoms with Gasteiger partial charge in [-0.3, -0.25) is 10.1 Å². The second-order valence-corrected chi connectivity index (χ2v) is 11.9. The molecule has 4 rings (SSSR count). The summed E-state index contributed by atoms with van der Waals surface area (Å²) in [6, 6.07) is 15.6. The lowest BCUT2D eigenvalue weighted by Gasteiger charge is -2.20. The van der Waals surface area contributed by atoms with Crippen LogP contribution in [0, 0.1) is 0 Å². The number of thioether (sulfide) groups is 1. The highest BCUT2D eigenvalue weighted by atomic mass is 32.2. The number of ether oxygens (including phenoxy) is 1. The number of carbonyl (C=O) groups excluding carboxylic acids is 1. The van der Waals surface area contributed by atoms with Gasteiger partial charge in [-0.05, 0) is 49.2 Å². The van der Waals surface area contributed by atoms with Crippen LogP contribution in [-0.4, -0.2) is 54.3 Å². The van der Waals surface area contributed by atoms with Crippen molar-refractivity contribution in [3.63, 3.8) is 0 Å². The van der Waals surface area contributed by atoms with Crippen molar-refractivity contribution < 1.29 is 17.9 Å². The molecule has 8 nitrogen and oxygen atoms in total. The van der Waals surface area contributed by atoms with Gasteiger partial charge in [0.1, 0.15) is 5.75 Å². The number of nitrogens with one attached hydrogen (secondary N) is 1. The van der Waals surface area contributed by atoms with Crippen molar-refractivity contribution in [1.82, 2.24) is 14.5 Å². The summed E-state index contributed by atoms with van der Waals surface area (Å²) < 4.78 is 33.7. The molecule has 1 saturated heterocycles. The van der Waals surface area contributed by atoms with Crippen LogP contribution >= 0.6 is 23.1 Å². The minimum Gasteiger partial charge on any atom is -0.493 e. The van der Waals surface area contributed by atoms with Crippen LogP contribution in [0.1, 0.15) is 36.0 Å². The number of benzene rings is 2. The van der Waals surface area contributed by atoms with Crippen molar-refractivity contribution in [2.75, 3.05) is 30.8 Å². The highest BCUT2D eigenvalue weighted by Crippen LogP contribution is 2.26. The molecule has 1 aromatic heterocycles. The van der Waals surface area contributed by atoms with E-state index in [-0.39, 0.29) is 10.8 Å². The van der Waals surface area contributed by atoms with E-state index in [1.165, 1.54) is 47.4 Å². The van der Waals surface area contributed by atoms with Crippen molar-refractivity contribution in [3.05, 3.63) is 60.2 Å². The van der Waals surface area contributed by atoms with E-state index in [0.29, 0.717) is 36.1 Å². The van der Waals surface area contributed by atoms with Crippen molar-refractivity contribution in [2.45, 2.75) is 34.9 Å². The average molecular weight is 519 g/mol. The number of sulfonamides is 1. The van der Waals surface area contributed by atoms with Crippen LogP contribution in [0.3, 0.4) is 0 Å². The Labute approximate surface area is 207 Å². The average Bonchev–Trinajstić information content (AvgIpc) is 3.11. The van der Waals surface area contributed by atoms with Crippen LogP contribution in [0.2, 0.25) is 0 Å². The largest absolute Gasteiger partial charge is 0.493 e. The van der Waals surface area contributed by atoms with Gasteiger partial charge in [-0.15, -0.1) is 10.2 Å². The van der Waals surface area contributed by atoms with E-state index in [4.69, 9.17) is 4.74 Å². The number of anilines is 1. The summed E-state index contributed by atoms with van der Waals surface area (Å²) in [5, 5.41) is 11.2. The number of carbonyl (C=O) groups is 1. The van der Waals surface area contributed by atoms with E-state index in [0.717, 1.165) is 35.8 Å². The summed E-state index contributed by atoms with van der Waals surface area (Å²) in [4.78, 5) is 12.8. The van der Waals surface area contributed by atoms with Crippen LogP contribution in [0.4, 0.5) is 5.13 Å². The topological polar surface area (TPSA) is 101 Å². The fraction of sp³-hybridized carbons (Fsp3) is 0.348. The van der Waals surface area contributed by atoms with Gasteiger partial charge in [-0.25, -0.2) is 8.42 Å². The zero-order valence-electron chi connectivity index (χ0n) is 18.6. The van der Waals surface area contributed by atoms with E-state index in [1.54, 1.807) is 4.31 Å². The van der Waals surface area contributed by atoms with Crippen LogP contribution in [0.15, 0.2) is 63.8 Å². The number of rotatable bonds is 9. The first kappa shape index (κ1) is 24.6. The second-order valence-electron chi connectivity index (χ2n) is 7.68. The molecule has 0 bridgehead atoms. The monoisotopic (exact) mass is 518 g/mol. The van der Waals surface area contributed by atoms with Crippen molar-refractivity contribution >= 4 is 44.2 Å². The summed E-state index contributed by atoms with van der Waals surface area (Å²) in [5.74, 6) is 1.15. The summed E-state index contributed by atoms with van der Waals surface area (Å²) >= 11 is 2.78. The predicted octanol–water partition coefficient (Wildman–Crippen LogP) is 4.53. The Kier molecular flexibility index (Phi) is 8.54. The minimum atomic E-state index is -3.54. The van der Waals surface area contributed by atoms with Crippen LogP contribution in [0.5, 0.6) is 5.75 Å². The van der Waals surface area contributed by atoms with E-state index < -0.39 is 10.0 Å². The number of hydrogen-bond donors (Lipinski definition) is 1. The maximum Gasteiger partial charge on any atom is 0.257 e. The van der Waals surface area contributed by atoms with Crippen LogP contribution in [0.25, 0.3) is 0 Å². The van der Waals surface area contributed by atoms with E-state index in [9.17, 15) is 13.2 Å². The Bertz CT molecular complexity index is 1180. The van der Waals surface area contributed by atoms with Crippen molar-refractivity contribution in [1.29, 1.82) is 0 Å². The standard InChI is InChI=1S/C23H26N4O4S3/c28-21(18-10-12-20(13-11-18)34(29,30)27-14-6-1-2-7-15-27)24-22-25-26-23(33-22)32-17-16-31-19-8-4-3-5-9-19/h3-5,8-13H,1-2,6-7,14-17H2,(H,24,25,28). The SMILES string of the molecule is O=C(Nc1nnc(SCCOc2ccccc2)s1)c1ccc(S(=O)(=O)N2CCCCCC2)cc1. The molecule has 1 N–H and O–H groups in total. The number of amides is 1. The van der Waals surface area contributed by atoms with Gasteiger partial charge in [0.25, 0.3) is 5.91 Å². The summed E-state index contributed by atoms with van der Waals surface area (Å²) in [6.45, 7) is 1.61. The van der Waals surface area contributed by atoms with Gasteiger partial charge in [-0.1, -0.05) is 54.1 Å². The smallest absolute Gasteiger partial charge is 0.257 e. The van der Waals surface area contributed by atoms with Crippen molar-refractivity contribution in [2.24, 2.45) is 0 Å². The molecule has 0 saturated carbocycles. The highest BCUT2D eigenvalue weighted by Gasteiger charge is 2.25. The number of para-hydroxylation sites is 1. The summed E-state index contributed by atoms with van der Waals surface area (Å²) in [7, 11) is -3.54. The first-order chi connectivity index (χ1) is 16.5. The molecule has 11 heteroatoms. The quantitative estimate of drug-likeness (QED) is 0.252. The lowest BCUT2D eigenvalue weighted by Crippen LogP contribution is -2.31. The molecule has 180 valence electrons. The van der Waals surface area contributed by atoms with Gasteiger partial charge in [0, 0.05) is 24.4 Å². The van der Waals surface area contributed by atoms with Crippen molar-refractivity contribution in [3.8, 4) is 5.75 Å². The lowest BCUT2D eigenvalue weighted by atomic mass is 10.2. The second kappa shape index (κ2) is 11.8. The molecule has 34 heavy (non-hydrogen) atoms. The van der Waals surface area contributed by atoms with E-state index >= 15 is 0 Å². The highest BCUT2D eigenvalue weighted by molar-refractivity contribution is 8.01. The first-order valence-electron chi connectivity index (χ1n) is 11.1. The summed E-state index contributed by atoms with van der Waals surface area (Å²) in [6.07, 6.45) is 3.86. The number of hydrogen-bond acceptors (Lipinski definition) is 8. The van der Waals surface area contributed by atoms with Gasteiger partial charge >= 0.3 is 0 Å². The number of nitrogens with zero attached hydrogens (tertiary/aromatic N) is 3. The molecule has 2 heterocycles.